The number of likely N-dealkylation sites (tertiary alicyclic amines) is 1. The standard InChI is InChI=1S/C21H30N6O/c1-14(2)18-17(12-27(25-18)20-23-15(3)11-16(4)24-20)19(28)26-9-6-21(7-10-26)5-8-22-13-21/h11-12,14,22H,5-10,13H2,1-4H3. The van der Waals surface area contributed by atoms with E-state index in [1.54, 1.807) is 4.68 Å². The lowest BCUT2D eigenvalue weighted by molar-refractivity contribution is 0.0606. The molecule has 2 fully saturated rings. The molecule has 2 aromatic rings. The van der Waals surface area contributed by atoms with E-state index in [4.69, 9.17) is 0 Å². The summed E-state index contributed by atoms with van der Waals surface area (Å²) in [5.74, 6) is 0.759. The molecule has 7 heteroatoms. The zero-order valence-electron chi connectivity index (χ0n) is 17.3. The van der Waals surface area contributed by atoms with E-state index in [2.05, 4.69) is 34.2 Å². The fourth-order valence-electron chi connectivity index (χ4n) is 4.47. The van der Waals surface area contributed by atoms with Crippen LogP contribution >= 0.6 is 0 Å². The zero-order valence-corrected chi connectivity index (χ0v) is 17.3. The van der Waals surface area contributed by atoms with Gasteiger partial charge in [0.1, 0.15) is 0 Å². The van der Waals surface area contributed by atoms with Gasteiger partial charge in [0.2, 0.25) is 0 Å². The Labute approximate surface area is 166 Å². The molecule has 2 saturated heterocycles. The Balaban J connectivity index is 1.60. The number of rotatable bonds is 3. The molecule has 1 spiro atoms. The van der Waals surface area contributed by atoms with Gasteiger partial charge in [-0.25, -0.2) is 14.6 Å². The van der Waals surface area contributed by atoms with Gasteiger partial charge in [-0.05, 0) is 57.1 Å². The summed E-state index contributed by atoms with van der Waals surface area (Å²) in [6.45, 7) is 11.9. The number of aryl methyl sites for hydroxylation is 2. The van der Waals surface area contributed by atoms with Crippen LogP contribution in [0.15, 0.2) is 12.3 Å². The summed E-state index contributed by atoms with van der Waals surface area (Å²) in [5, 5.41) is 8.17. The van der Waals surface area contributed by atoms with Crippen LogP contribution in [-0.2, 0) is 0 Å². The molecule has 2 aliphatic rings. The Bertz CT molecular complexity index is 851. The van der Waals surface area contributed by atoms with Crippen molar-refractivity contribution >= 4 is 5.91 Å². The van der Waals surface area contributed by atoms with E-state index in [9.17, 15) is 4.79 Å². The van der Waals surface area contributed by atoms with Crippen molar-refractivity contribution in [2.75, 3.05) is 26.2 Å². The second-order valence-electron chi connectivity index (χ2n) is 8.70. The van der Waals surface area contributed by atoms with Crippen molar-refractivity contribution in [3.05, 3.63) is 34.9 Å². The van der Waals surface area contributed by atoms with Gasteiger partial charge in [-0.1, -0.05) is 13.8 Å². The summed E-state index contributed by atoms with van der Waals surface area (Å²) in [6.07, 6.45) is 5.20. The Kier molecular flexibility index (Phi) is 4.95. The molecule has 150 valence electrons. The molecule has 1 amide bonds. The quantitative estimate of drug-likeness (QED) is 0.883. The molecule has 2 aliphatic heterocycles. The van der Waals surface area contributed by atoms with Crippen molar-refractivity contribution in [3.8, 4) is 5.95 Å². The number of nitrogens with zero attached hydrogens (tertiary/aromatic N) is 5. The summed E-state index contributed by atoms with van der Waals surface area (Å²) in [7, 11) is 0. The molecule has 0 unspecified atom stereocenters. The first kappa shape index (κ1) is 19.1. The van der Waals surface area contributed by atoms with Crippen LogP contribution in [0.4, 0.5) is 0 Å². The fraction of sp³-hybridized carbons (Fsp3) is 0.619. The largest absolute Gasteiger partial charge is 0.338 e. The molecular formula is C21H30N6O. The maximum absolute atomic E-state index is 13.3. The average molecular weight is 383 g/mol. The first-order chi connectivity index (χ1) is 13.4. The Morgan fingerprint density at radius 3 is 2.39 bits per heavy atom. The third kappa shape index (κ3) is 3.55. The lowest BCUT2D eigenvalue weighted by Gasteiger charge is -2.38. The molecule has 28 heavy (non-hydrogen) atoms. The Hall–Kier alpha value is -2.28. The van der Waals surface area contributed by atoms with Gasteiger partial charge in [0.25, 0.3) is 11.9 Å². The van der Waals surface area contributed by atoms with Gasteiger partial charge in [0.15, 0.2) is 0 Å². The lowest BCUT2D eigenvalue weighted by Crippen LogP contribution is -2.44. The fourth-order valence-corrected chi connectivity index (χ4v) is 4.47. The van der Waals surface area contributed by atoms with E-state index in [-0.39, 0.29) is 11.8 Å². The van der Waals surface area contributed by atoms with Gasteiger partial charge in [-0.15, -0.1) is 0 Å². The molecule has 0 aromatic carbocycles. The minimum absolute atomic E-state index is 0.0835. The van der Waals surface area contributed by atoms with Crippen molar-refractivity contribution in [2.24, 2.45) is 5.41 Å². The topological polar surface area (TPSA) is 75.9 Å². The molecule has 0 radical (unpaired) electrons. The van der Waals surface area contributed by atoms with Gasteiger partial charge >= 0.3 is 0 Å². The molecule has 2 aromatic heterocycles. The molecule has 4 heterocycles. The van der Waals surface area contributed by atoms with Gasteiger partial charge in [-0.3, -0.25) is 4.79 Å². The second-order valence-corrected chi connectivity index (χ2v) is 8.70. The summed E-state index contributed by atoms with van der Waals surface area (Å²) >= 11 is 0. The number of carbonyl (C=O) groups is 1. The SMILES string of the molecule is Cc1cc(C)nc(-n2cc(C(=O)N3CCC4(CCNC4)CC3)c(C(C)C)n2)n1. The Morgan fingerprint density at radius 2 is 1.82 bits per heavy atom. The summed E-state index contributed by atoms with van der Waals surface area (Å²) in [5.41, 5.74) is 3.68. The van der Waals surface area contributed by atoms with Crippen molar-refractivity contribution in [1.29, 1.82) is 0 Å². The maximum atomic E-state index is 13.3. The monoisotopic (exact) mass is 382 g/mol. The van der Waals surface area contributed by atoms with Crippen LogP contribution in [0.5, 0.6) is 0 Å². The number of aromatic nitrogens is 4. The summed E-state index contributed by atoms with van der Waals surface area (Å²) in [4.78, 5) is 24.3. The van der Waals surface area contributed by atoms with Gasteiger partial charge in [0.05, 0.1) is 11.3 Å². The molecule has 0 aliphatic carbocycles. The van der Waals surface area contributed by atoms with Crippen molar-refractivity contribution in [3.63, 3.8) is 0 Å². The lowest BCUT2D eigenvalue weighted by atomic mass is 9.78. The van der Waals surface area contributed by atoms with Crippen molar-refractivity contribution in [1.82, 2.24) is 30.0 Å². The molecule has 0 atom stereocenters. The zero-order chi connectivity index (χ0) is 19.9. The van der Waals surface area contributed by atoms with E-state index in [1.165, 1.54) is 6.42 Å². The third-order valence-corrected chi connectivity index (χ3v) is 6.14. The van der Waals surface area contributed by atoms with E-state index in [0.717, 1.165) is 56.1 Å². The number of hydrogen-bond donors (Lipinski definition) is 1. The van der Waals surface area contributed by atoms with Crippen LogP contribution in [-0.4, -0.2) is 56.7 Å². The van der Waals surface area contributed by atoms with Gasteiger partial charge < -0.3 is 10.2 Å². The molecule has 1 N–H and O–H groups in total. The average Bonchev–Trinajstić information content (AvgIpc) is 3.29. The highest BCUT2D eigenvalue weighted by molar-refractivity contribution is 5.95. The number of piperidine rings is 1. The highest BCUT2D eigenvalue weighted by Gasteiger charge is 2.38. The van der Waals surface area contributed by atoms with Crippen LogP contribution in [0.3, 0.4) is 0 Å². The predicted molar refractivity (Wildman–Crippen MR) is 108 cm³/mol. The number of hydrogen-bond acceptors (Lipinski definition) is 5. The highest BCUT2D eigenvalue weighted by atomic mass is 16.2. The van der Waals surface area contributed by atoms with E-state index < -0.39 is 0 Å². The molecular weight excluding hydrogens is 352 g/mol. The predicted octanol–water partition coefficient (Wildman–Crippen LogP) is 2.62. The molecule has 0 saturated carbocycles. The highest BCUT2D eigenvalue weighted by Crippen LogP contribution is 2.37. The van der Waals surface area contributed by atoms with Crippen LogP contribution in [0.1, 0.15) is 66.5 Å². The molecule has 0 bridgehead atoms. The molecule has 7 nitrogen and oxygen atoms in total. The smallest absolute Gasteiger partial charge is 0.257 e. The minimum atomic E-state index is 0.0835. The first-order valence-corrected chi connectivity index (χ1v) is 10.3. The minimum Gasteiger partial charge on any atom is -0.338 e. The number of amides is 1. The van der Waals surface area contributed by atoms with Crippen LogP contribution in [0, 0.1) is 19.3 Å². The second kappa shape index (κ2) is 7.28. The number of nitrogens with one attached hydrogen (secondary N) is 1. The first-order valence-electron chi connectivity index (χ1n) is 10.3. The summed E-state index contributed by atoms with van der Waals surface area (Å²) < 4.78 is 1.66. The normalized spacial score (nSPS) is 19.0. The summed E-state index contributed by atoms with van der Waals surface area (Å²) in [6, 6.07) is 1.93. The van der Waals surface area contributed by atoms with Crippen molar-refractivity contribution in [2.45, 2.75) is 52.9 Å². The van der Waals surface area contributed by atoms with Crippen molar-refractivity contribution < 1.29 is 4.79 Å². The van der Waals surface area contributed by atoms with Gasteiger partial charge in [-0.2, -0.15) is 5.10 Å². The Morgan fingerprint density at radius 1 is 1.14 bits per heavy atom. The van der Waals surface area contributed by atoms with E-state index in [1.807, 2.05) is 31.0 Å². The van der Waals surface area contributed by atoms with Crippen LogP contribution in [0.2, 0.25) is 0 Å². The van der Waals surface area contributed by atoms with Crippen LogP contribution < -0.4 is 5.32 Å². The molecule has 4 rings (SSSR count). The van der Waals surface area contributed by atoms with E-state index in [0.29, 0.717) is 16.9 Å². The third-order valence-electron chi connectivity index (χ3n) is 6.14. The number of carbonyl (C=O) groups excluding carboxylic acids is 1. The van der Waals surface area contributed by atoms with Gasteiger partial charge in [0, 0.05) is 37.2 Å². The van der Waals surface area contributed by atoms with Crippen LogP contribution in [0.25, 0.3) is 5.95 Å². The van der Waals surface area contributed by atoms with E-state index >= 15 is 0 Å². The maximum Gasteiger partial charge on any atom is 0.257 e.